The van der Waals surface area contributed by atoms with Gasteiger partial charge in [0.2, 0.25) is 19.7 Å². The lowest BCUT2D eigenvalue weighted by molar-refractivity contribution is 0.204. The summed E-state index contributed by atoms with van der Waals surface area (Å²) in [6, 6.07) is 38.3. The second-order valence-corrected chi connectivity index (χ2v) is 15.3. The zero-order chi connectivity index (χ0) is 33.2. The Morgan fingerprint density at radius 3 is 1.38 bits per heavy atom. The van der Waals surface area contributed by atoms with E-state index in [0.717, 1.165) is 27.5 Å². The Balaban J connectivity index is 1.22. The monoisotopic (exact) mass is 662 g/mol. The molecule has 0 spiro atoms. The minimum atomic E-state index is -3.65. The third-order valence-corrected chi connectivity index (χ3v) is 11.6. The molecule has 6 aromatic rings. The molecule has 0 aliphatic heterocycles. The van der Waals surface area contributed by atoms with Crippen molar-refractivity contribution in [3.63, 3.8) is 0 Å². The van der Waals surface area contributed by atoms with E-state index < -0.39 is 19.7 Å². The van der Waals surface area contributed by atoms with Crippen LogP contribution in [0.1, 0.15) is 36.1 Å². The van der Waals surface area contributed by atoms with E-state index in [0.29, 0.717) is 23.7 Å². The fraction of sp³-hybridized carbons (Fsp3) is 0.128. The van der Waals surface area contributed by atoms with E-state index in [1.807, 2.05) is 57.2 Å². The zero-order valence-corrected chi connectivity index (χ0v) is 27.9. The molecule has 0 bridgehead atoms. The van der Waals surface area contributed by atoms with Gasteiger partial charge in [-0.3, -0.25) is 0 Å². The highest BCUT2D eigenvalue weighted by Gasteiger charge is 2.21. The largest absolute Gasteiger partial charge is 0.485 e. The number of hydrogen-bond donors (Lipinski definition) is 0. The summed E-state index contributed by atoms with van der Waals surface area (Å²) in [5.41, 5.74) is 2.85. The van der Waals surface area contributed by atoms with Crippen LogP contribution in [0.15, 0.2) is 153 Å². The number of fused-ring (bicyclic) bond motifs is 1. The molecule has 6 aromatic carbocycles. The van der Waals surface area contributed by atoms with Gasteiger partial charge in [0.15, 0.2) is 0 Å². The van der Waals surface area contributed by atoms with Gasteiger partial charge in [-0.15, -0.1) is 0 Å². The first-order valence-corrected chi connectivity index (χ1v) is 18.2. The molecule has 0 aliphatic rings. The third kappa shape index (κ3) is 6.66. The number of hydrogen-bond acceptors (Lipinski definition) is 6. The number of ether oxygens (including phenoxy) is 2. The highest BCUT2D eigenvalue weighted by atomic mass is 32.2. The minimum Gasteiger partial charge on any atom is -0.485 e. The van der Waals surface area contributed by atoms with Crippen LogP contribution in [0.25, 0.3) is 10.8 Å². The normalized spacial score (nSPS) is 12.5. The second-order valence-electron chi connectivity index (χ2n) is 11.4. The van der Waals surface area contributed by atoms with Crippen molar-refractivity contribution < 1.29 is 26.3 Å². The Hall–Kier alpha value is -4.92. The molecule has 0 N–H and O–H groups in total. The molecule has 0 saturated carbocycles. The standard InChI is InChI=1S/C39H34O6S2/c1-4-37(29-13-21-33(22-14-29)46(40,41)31-17-9-27(2)10-18-31)45-39-26-25-38(35-7-5-6-8-36(35)39)44-30-15-23-34(24-16-30)47(42,43)32-19-11-28(3)12-20-32/h5-26,37H,4H2,1-3H3. The molecule has 1 unspecified atom stereocenters. The summed E-state index contributed by atoms with van der Waals surface area (Å²) in [6.07, 6.45) is 0.346. The minimum absolute atomic E-state index is 0.189. The average molecular weight is 663 g/mol. The first-order chi connectivity index (χ1) is 22.6. The van der Waals surface area contributed by atoms with Crippen LogP contribution in [0.3, 0.4) is 0 Å². The number of benzene rings is 6. The van der Waals surface area contributed by atoms with Crippen molar-refractivity contribution in [3.8, 4) is 17.2 Å². The van der Waals surface area contributed by atoms with Crippen LogP contribution >= 0.6 is 0 Å². The Kier molecular flexibility index (Phi) is 8.90. The molecule has 0 aromatic heterocycles. The molecule has 47 heavy (non-hydrogen) atoms. The van der Waals surface area contributed by atoms with Gasteiger partial charge in [-0.2, -0.15) is 0 Å². The van der Waals surface area contributed by atoms with Crippen molar-refractivity contribution >= 4 is 30.4 Å². The Morgan fingerprint density at radius 1 is 0.511 bits per heavy atom. The summed E-state index contributed by atoms with van der Waals surface area (Å²) in [5.74, 6) is 1.76. The molecule has 238 valence electrons. The SMILES string of the molecule is CCC(Oc1ccc(Oc2ccc(S(=O)(=O)c3ccc(C)cc3)cc2)c2ccccc12)c1ccc(S(=O)(=O)c2ccc(C)cc2)cc1. The molecule has 0 saturated heterocycles. The molecule has 0 heterocycles. The van der Waals surface area contributed by atoms with E-state index in [4.69, 9.17) is 9.47 Å². The lowest BCUT2D eigenvalue weighted by Gasteiger charge is -2.20. The third-order valence-electron chi connectivity index (χ3n) is 8.07. The highest BCUT2D eigenvalue weighted by molar-refractivity contribution is 7.91. The van der Waals surface area contributed by atoms with Gasteiger partial charge in [0.05, 0.1) is 19.6 Å². The van der Waals surface area contributed by atoms with Gasteiger partial charge < -0.3 is 9.47 Å². The van der Waals surface area contributed by atoms with Crippen molar-refractivity contribution in [2.75, 3.05) is 0 Å². The molecule has 6 nitrogen and oxygen atoms in total. The van der Waals surface area contributed by atoms with Crippen LogP contribution in [-0.2, 0) is 19.7 Å². The quantitative estimate of drug-likeness (QED) is 0.145. The van der Waals surface area contributed by atoms with E-state index in [9.17, 15) is 16.8 Å². The van der Waals surface area contributed by atoms with Gasteiger partial charge in [0.25, 0.3) is 0 Å². The van der Waals surface area contributed by atoms with Crippen LogP contribution in [0.5, 0.6) is 17.2 Å². The summed E-state index contributed by atoms with van der Waals surface area (Å²) in [6.45, 7) is 5.85. The fourth-order valence-corrected chi connectivity index (χ4v) is 7.88. The molecule has 0 radical (unpaired) electrons. The topological polar surface area (TPSA) is 86.7 Å². The maximum atomic E-state index is 13.2. The molecule has 8 heteroatoms. The van der Waals surface area contributed by atoms with E-state index in [2.05, 4.69) is 0 Å². The fourth-order valence-electron chi connectivity index (χ4n) is 5.36. The predicted octanol–water partition coefficient (Wildman–Crippen LogP) is 9.44. The number of aryl methyl sites for hydroxylation is 2. The lowest BCUT2D eigenvalue weighted by atomic mass is 10.1. The molecule has 0 aliphatic carbocycles. The van der Waals surface area contributed by atoms with Crippen molar-refractivity contribution in [1.82, 2.24) is 0 Å². The van der Waals surface area contributed by atoms with Crippen LogP contribution in [0, 0.1) is 13.8 Å². The van der Waals surface area contributed by atoms with E-state index in [1.165, 1.54) is 0 Å². The van der Waals surface area contributed by atoms with E-state index >= 15 is 0 Å². The average Bonchev–Trinajstić information content (AvgIpc) is 3.08. The maximum Gasteiger partial charge on any atom is 0.206 e. The Bertz CT molecular complexity index is 2240. The van der Waals surface area contributed by atoms with Crippen LogP contribution in [0.2, 0.25) is 0 Å². The van der Waals surface area contributed by atoms with Crippen molar-refractivity contribution in [3.05, 3.63) is 150 Å². The molecular weight excluding hydrogens is 629 g/mol. The van der Waals surface area contributed by atoms with Crippen molar-refractivity contribution in [1.29, 1.82) is 0 Å². The van der Waals surface area contributed by atoms with Crippen molar-refractivity contribution in [2.24, 2.45) is 0 Å². The summed E-state index contributed by atoms with van der Waals surface area (Å²) in [5, 5.41) is 1.68. The molecule has 0 fully saturated rings. The summed E-state index contributed by atoms with van der Waals surface area (Å²) < 4.78 is 65.2. The summed E-state index contributed by atoms with van der Waals surface area (Å²) in [4.78, 5) is 0.921. The molecule has 0 amide bonds. The van der Waals surface area contributed by atoms with E-state index in [-0.39, 0.29) is 25.7 Å². The van der Waals surface area contributed by atoms with Gasteiger partial charge in [-0.25, -0.2) is 16.8 Å². The first kappa shape index (κ1) is 32.0. The zero-order valence-electron chi connectivity index (χ0n) is 26.3. The lowest BCUT2D eigenvalue weighted by Crippen LogP contribution is -2.08. The smallest absolute Gasteiger partial charge is 0.206 e. The van der Waals surface area contributed by atoms with Gasteiger partial charge in [-0.05, 0) is 98.6 Å². The van der Waals surface area contributed by atoms with Gasteiger partial charge in [0, 0.05) is 10.8 Å². The predicted molar refractivity (Wildman–Crippen MR) is 184 cm³/mol. The van der Waals surface area contributed by atoms with Crippen molar-refractivity contribution in [2.45, 2.75) is 52.9 Å². The number of sulfone groups is 2. The summed E-state index contributed by atoms with van der Waals surface area (Å²) in [7, 11) is -7.28. The number of rotatable bonds is 10. The van der Waals surface area contributed by atoms with Gasteiger partial charge >= 0.3 is 0 Å². The Morgan fingerprint density at radius 2 is 0.915 bits per heavy atom. The first-order valence-electron chi connectivity index (χ1n) is 15.3. The Labute approximate surface area is 276 Å². The van der Waals surface area contributed by atoms with Crippen LogP contribution < -0.4 is 9.47 Å². The van der Waals surface area contributed by atoms with Gasteiger partial charge in [0.1, 0.15) is 23.4 Å². The molecular formula is C39H34O6S2. The second kappa shape index (κ2) is 13.1. The molecule has 6 rings (SSSR count). The maximum absolute atomic E-state index is 13.2. The highest BCUT2D eigenvalue weighted by Crippen LogP contribution is 2.38. The van der Waals surface area contributed by atoms with Gasteiger partial charge in [-0.1, -0.05) is 78.7 Å². The summed E-state index contributed by atoms with van der Waals surface area (Å²) >= 11 is 0. The van der Waals surface area contributed by atoms with E-state index in [1.54, 1.807) is 97.1 Å². The van der Waals surface area contributed by atoms with Crippen LogP contribution in [-0.4, -0.2) is 16.8 Å². The van der Waals surface area contributed by atoms with Crippen LogP contribution in [0.4, 0.5) is 0 Å². The molecule has 1 atom stereocenters.